The van der Waals surface area contributed by atoms with Crippen molar-refractivity contribution in [2.24, 2.45) is 12.5 Å². The van der Waals surface area contributed by atoms with Gasteiger partial charge in [-0.25, -0.2) is 8.42 Å². The number of aryl methyl sites for hydroxylation is 1. The third-order valence-corrected chi connectivity index (χ3v) is 4.98. The normalized spacial score (nSPS) is 17.6. The fraction of sp³-hybridized carbons (Fsp3) is 0.636. The molecule has 0 unspecified atom stereocenters. The first-order valence-corrected chi connectivity index (χ1v) is 7.52. The molecular weight excluding hydrogens is 256 g/mol. The molecule has 1 saturated carbocycles. The van der Waals surface area contributed by atoms with Crippen molar-refractivity contribution in [3.05, 3.63) is 18.0 Å². The molecule has 2 rings (SSSR count). The van der Waals surface area contributed by atoms with Crippen LogP contribution >= 0.6 is 0 Å². The van der Waals surface area contributed by atoms with Crippen molar-refractivity contribution in [3.63, 3.8) is 0 Å². The molecule has 0 radical (unpaired) electrons. The summed E-state index contributed by atoms with van der Waals surface area (Å²) in [5.74, 6) is -1.03. The van der Waals surface area contributed by atoms with Gasteiger partial charge in [-0.05, 0) is 18.3 Å². The standard InChI is InChI=1S/C11H16N2O4S/c1-13-6-9(5-12-13)7-18(16,17)8-11(2-3-11)4-10(14)15/h5-6H,2-4,7-8H2,1H3,(H,14,15). The second kappa shape index (κ2) is 4.38. The average Bonchev–Trinajstić information content (AvgIpc) is 2.78. The van der Waals surface area contributed by atoms with E-state index in [4.69, 9.17) is 5.11 Å². The number of rotatable bonds is 6. The van der Waals surface area contributed by atoms with Crippen molar-refractivity contribution in [2.45, 2.75) is 25.0 Å². The van der Waals surface area contributed by atoms with Gasteiger partial charge in [-0.3, -0.25) is 9.48 Å². The Hall–Kier alpha value is -1.37. The van der Waals surface area contributed by atoms with Gasteiger partial charge in [0.15, 0.2) is 9.84 Å². The number of aliphatic carboxylic acids is 1. The van der Waals surface area contributed by atoms with Gasteiger partial charge in [-0.15, -0.1) is 0 Å². The first-order chi connectivity index (χ1) is 8.30. The van der Waals surface area contributed by atoms with E-state index in [1.54, 1.807) is 17.9 Å². The second-order valence-electron chi connectivity index (χ2n) is 5.13. The molecule has 100 valence electrons. The van der Waals surface area contributed by atoms with Crippen molar-refractivity contribution in [2.75, 3.05) is 5.75 Å². The van der Waals surface area contributed by atoms with Gasteiger partial charge in [0.1, 0.15) is 0 Å². The molecule has 1 N–H and O–H groups in total. The van der Waals surface area contributed by atoms with E-state index in [0.29, 0.717) is 18.4 Å². The van der Waals surface area contributed by atoms with E-state index in [-0.39, 0.29) is 17.9 Å². The molecule has 0 amide bonds. The van der Waals surface area contributed by atoms with Gasteiger partial charge in [0.05, 0.1) is 24.1 Å². The SMILES string of the molecule is Cn1cc(CS(=O)(=O)CC2(CC(=O)O)CC2)cn1. The van der Waals surface area contributed by atoms with Crippen LogP contribution in [0.15, 0.2) is 12.4 Å². The molecule has 0 saturated heterocycles. The lowest BCUT2D eigenvalue weighted by molar-refractivity contribution is -0.138. The van der Waals surface area contributed by atoms with E-state index in [1.165, 1.54) is 6.20 Å². The van der Waals surface area contributed by atoms with Crippen molar-refractivity contribution in [1.29, 1.82) is 0 Å². The minimum Gasteiger partial charge on any atom is -0.481 e. The molecule has 0 aromatic carbocycles. The zero-order valence-corrected chi connectivity index (χ0v) is 11.0. The van der Waals surface area contributed by atoms with Gasteiger partial charge >= 0.3 is 5.97 Å². The van der Waals surface area contributed by atoms with Crippen LogP contribution in [0.2, 0.25) is 0 Å². The second-order valence-corrected chi connectivity index (χ2v) is 7.19. The largest absolute Gasteiger partial charge is 0.481 e. The predicted octanol–water partition coefficient (Wildman–Crippen LogP) is 0.590. The van der Waals surface area contributed by atoms with E-state index in [0.717, 1.165) is 0 Å². The van der Waals surface area contributed by atoms with E-state index in [2.05, 4.69) is 5.10 Å². The lowest BCUT2D eigenvalue weighted by Crippen LogP contribution is -2.21. The predicted molar refractivity (Wildman–Crippen MR) is 64.6 cm³/mol. The molecule has 1 heterocycles. The molecule has 1 aromatic rings. The van der Waals surface area contributed by atoms with Gasteiger partial charge in [0, 0.05) is 18.8 Å². The van der Waals surface area contributed by atoms with Gasteiger partial charge in [0.2, 0.25) is 0 Å². The summed E-state index contributed by atoms with van der Waals surface area (Å²) in [6.45, 7) is 0. The first-order valence-electron chi connectivity index (χ1n) is 5.70. The fourth-order valence-electron chi connectivity index (χ4n) is 2.19. The highest BCUT2D eigenvalue weighted by Crippen LogP contribution is 2.50. The van der Waals surface area contributed by atoms with Crippen molar-refractivity contribution in [3.8, 4) is 0 Å². The summed E-state index contributed by atoms with van der Waals surface area (Å²) in [4.78, 5) is 10.7. The summed E-state index contributed by atoms with van der Waals surface area (Å²) >= 11 is 0. The van der Waals surface area contributed by atoms with E-state index in [1.807, 2.05) is 0 Å². The van der Waals surface area contributed by atoms with Gasteiger partial charge in [0.25, 0.3) is 0 Å². The zero-order valence-electron chi connectivity index (χ0n) is 10.2. The number of hydrogen-bond donors (Lipinski definition) is 1. The van der Waals surface area contributed by atoms with Crippen LogP contribution in [0.4, 0.5) is 0 Å². The van der Waals surface area contributed by atoms with E-state index in [9.17, 15) is 13.2 Å². The van der Waals surface area contributed by atoms with E-state index < -0.39 is 21.2 Å². The summed E-state index contributed by atoms with van der Waals surface area (Å²) in [7, 11) is -1.55. The highest BCUT2D eigenvalue weighted by atomic mass is 32.2. The molecule has 1 aliphatic rings. The smallest absolute Gasteiger partial charge is 0.303 e. The van der Waals surface area contributed by atoms with Gasteiger partial charge < -0.3 is 5.11 Å². The monoisotopic (exact) mass is 272 g/mol. The molecule has 18 heavy (non-hydrogen) atoms. The lowest BCUT2D eigenvalue weighted by Gasteiger charge is -2.12. The number of carboxylic acid groups (broad SMARTS) is 1. The Bertz CT molecular complexity index is 557. The summed E-state index contributed by atoms with van der Waals surface area (Å²) in [5.41, 5.74) is 0.121. The number of hydrogen-bond acceptors (Lipinski definition) is 4. The number of aromatic nitrogens is 2. The van der Waals surface area contributed by atoms with Gasteiger partial charge in [-0.1, -0.05) is 0 Å². The maximum absolute atomic E-state index is 12.0. The molecule has 6 nitrogen and oxygen atoms in total. The maximum Gasteiger partial charge on any atom is 0.303 e. The van der Waals surface area contributed by atoms with Crippen LogP contribution in [0.25, 0.3) is 0 Å². The van der Waals surface area contributed by atoms with Crippen molar-refractivity contribution in [1.82, 2.24) is 9.78 Å². The Morgan fingerprint density at radius 1 is 1.56 bits per heavy atom. The summed E-state index contributed by atoms with van der Waals surface area (Å²) in [6.07, 6.45) is 4.50. The third kappa shape index (κ3) is 3.32. The Labute approximate surface area is 106 Å². The van der Waals surface area contributed by atoms with Crippen LogP contribution in [0.1, 0.15) is 24.8 Å². The third-order valence-electron chi connectivity index (χ3n) is 3.15. The minimum absolute atomic E-state index is 0.0405. The Morgan fingerprint density at radius 3 is 2.67 bits per heavy atom. The molecule has 0 aliphatic heterocycles. The molecule has 1 fully saturated rings. The zero-order chi connectivity index (χ0) is 13.4. The lowest BCUT2D eigenvalue weighted by atomic mass is 10.1. The summed E-state index contributed by atoms with van der Waals surface area (Å²) < 4.78 is 25.6. The van der Waals surface area contributed by atoms with Crippen molar-refractivity contribution >= 4 is 15.8 Å². The van der Waals surface area contributed by atoms with E-state index >= 15 is 0 Å². The molecule has 1 aromatic heterocycles. The summed E-state index contributed by atoms with van der Waals surface area (Å²) in [5, 5.41) is 12.7. The Kier molecular flexibility index (Phi) is 3.18. The molecule has 1 aliphatic carbocycles. The van der Waals surface area contributed by atoms with Crippen LogP contribution < -0.4 is 0 Å². The van der Waals surface area contributed by atoms with Gasteiger partial charge in [-0.2, -0.15) is 5.10 Å². The first kappa shape index (κ1) is 13.1. The fourth-order valence-corrected chi connectivity index (χ4v) is 4.27. The average molecular weight is 272 g/mol. The van der Waals surface area contributed by atoms with Crippen LogP contribution in [-0.4, -0.2) is 35.0 Å². The molecule has 0 bridgehead atoms. The van der Waals surface area contributed by atoms with Crippen LogP contribution in [0.5, 0.6) is 0 Å². The highest BCUT2D eigenvalue weighted by molar-refractivity contribution is 7.90. The maximum atomic E-state index is 12.0. The number of sulfone groups is 1. The quantitative estimate of drug-likeness (QED) is 0.818. The van der Waals surface area contributed by atoms with Crippen LogP contribution in [0, 0.1) is 5.41 Å². The number of carboxylic acids is 1. The topological polar surface area (TPSA) is 89.3 Å². The molecular formula is C11H16N2O4S. The van der Waals surface area contributed by atoms with Crippen molar-refractivity contribution < 1.29 is 18.3 Å². The van der Waals surface area contributed by atoms with Crippen LogP contribution in [0.3, 0.4) is 0 Å². The molecule has 0 atom stereocenters. The molecule has 7 heteroatoms. The Morgan fingerprint density at radius 2 is 2.22 bits per heavy atom. The summed E-state index contributed by atoms with van der Waals surface area (Å²) in [6, 6.07) is 0. The number of nitrogens with zero attached hydrogens (tertiary/aromatic N) is 2. The highest BCUT2D eigenvalue weighted by Gasteiger charge is 2.47. The molecule has 0 spiro atoms. The Balaban J connectivity index is 2.02. The van der Waals surface area contributed by atoms with Crippen LogP contribution in [-0.2, 0) is 27.4 Å². The number of carbonyl (C=O) groups is 1. The minimum atomic E-state index is -3.28.